The molecular formula is C8H13N9O2. The van der Waals surface area contributed by atoms with Crippen molar-refractivity contribution in [3.05, 3.63) is 0 Å². The quantitative estimate of drug-likeness (QED) is 0.692. The molecule has 0 spiro atoms. The number of carboxylic acids is 1. The molecule has 102 valence electrons. The third-order valence-electron chi connectivity index (χ3n) is 2.49. The Bertz CT molecular complexity index is 574. The van der Waals surface area contributed by atoms with Crippen LogP contribution in [-0.4, -0.2) is 65.7 Å². The molecule has 0 aliphatic rings. The number of aliphatic carboxylic acids is 1. The van der Waals surface area contributed by atoms with Crippen LogP contribution in [0.1, 0.15) is 19.4 Å². The highest BCUT2D eigenvalue weighted by Crippen LogP contribution is 2.18. The predicted octanol–water partition coefficient (Wildman–Crippen LogP) is -1.44. The van der Waals surface area contributed by atoms with E-state index in [0.717, 1.165) is 0 Å². The molecule has 0 radical (unpaired) electrons. The first-order chi connectivity index (χ1) is 9.06. The lowest BCUT2D eigenvalue weighted by Gasteiger charge is -2.14. The topological polar surface area (TPSA) is 128 Å². The van der Waals surface area contributed by atoms with Crippen molar-refractivity contribution in [2.45, 2.75) is 19.4 Å². The molecule has 2 rings (SSSR count). The Kier molecular flexibility index (Phi) is 3.35. The fourth-order valence-electron chi connectivity index (χ4n) is 1.59. The standard InChI is InChI=1S/C8H13N9O2/c1-4-5(8(18)19)16-6(9-11-13-16)7-10-12-14-17(7)15(2)3/h5H,4H2,1-3H3,(H,18,19). The van der Waals surface area contributed by atoms with Gasteiger partial charge in [0.15, 0.2) is 6.04 Å². The molecule has 19 heavy (non-hydrogen) atoms. The average Bonchev–Trinajstić information content (AvgIpc) is 2.95. The predicted molar refractivity (Wildman–Crippen MR) is 61.7 cm³/mol. The van der Waals surface area contributed by atoms with Crippen molar-refractivity contribution in [3.63, 3.8) is 0 Å². The van der Waals surface area contributed by atoms with Crippen LogP contribution in [0, 0.1) is 0 Å². The normalized spacial score (nSPS) is 12.4. The Hall–Kier alpha value is -2.59. The van der Waals surface area contributed by atoms with E-state index < -0.39 is 12.0 Å². The molecule has 11 heteroatoms. The summed E-state index contributed by atoms with van der Waals surface area (Å²) in [5, 5.41) is 32.9. The molecule has 1 atom stereocenters. The second kappa shape index (κ2) is 4.96. The van der Waals surface area contributed by atoms with Gasteiger partial charge in [0.25, 0.3) is 0 Å². The van der Waals surface area contributed by atoms with Gasteiger partial charge in [-0.05, 0) is 27.3 Å². The lowest BCUT2D eigenvalue weighted by molar-refractivity contribution is -0.141. The van der Waals surface area contributed by atoms with Crippen LogP contribution < -0.4 is 5.01 Å². The van der Waals surface area contributed by atoms with Crippen LogP contribution in [0.4, 0.5) is 0 Å². The maximum atomic E-state index is 11.2. The van der Waals surface area contributed by atoms with Gasteiger partial charge in [0, 0.05) is 14.1 Å². The van der Waals surface area contributed by atoms with Crippen molar-refractivity contribution in [3.8, 4) is 11.6 Å². The molecule has 0 bridgehead atoms. The Morgan fingerprint density at radius 2 is 1.89 bits per heavy atom. The summed E-state index contributed by atoms with van der Waals surface area (Å²) in [4.78, 5) is 12.6. The molecule has 0 saturated heterocycles. The van der Waals surface area contributed by atoms with Crippen molar-refractivity contribution in [1.82, 2.24) is 40.5 Å². The fraction of sp³-hybridized carbons (Fsp3) is 0.625. The van der Waals surface area contributed by atoms with Crippen LogP contribution in [0.2, 0.25) is 0 Å². The number of carbonyl (C=O) groups is 1. The number of tetrazole rings is 2. The highest BCUT2D eigenvalue weighted by atomic mass is 16.4. The van der Waals surface area contributed by atoms with Crippen LogP contribution in [0.15, 0.2) is 0 Å². The number of hydrogen-bond donors (Lipinski definition) is 1. The van der Waals surface area contributed by atoms with Crippen LogP contribution in [0.3, 0.4) is 0 Å². The van der Waals surface area contributed by atoms with Gasteiger partial charge < -0.3 is 5.11 Å². The highest BCUT2D eigenvalue weighted by Gasteiger charge is 2.26. The van der Waals surface area contributed by atoms with Crippen molar-refractivity contribution in [2.75, 3.05) is 19.1 Å². The van der Waals surface area contributed by atoms with E-state index in [4.69, 9.17) is 5.11 Å². The van der Waals surface area contributed by atoms with Crippen LogP contribution in [0.5, 0.6) is 0 Å². The Labute approximate surface area is 107 Å². The van der Waals surface area contributed by atoms with Gasteiger partial charge >= 0.3 is 5.97 Å². The lowest BCUT2D eigenvalue weighted by atomic mass is 10.2. The maximum Gasteiger partial charge on any atom is 0.328 e. The van der Waals surface area contributed by atoms with E-state index in [9.17, 15) is 4.79 Å². The summed E-state index contributed by atoms with van der Waals surface area (Å²) in [6.07, 6.45) is 0.344. The third kappa shape index (κ3) is 2.21. The van der Waals surface area contributed by atoms with Crippen molar-refractivity contribution >= 4 is 5.97 Å². The molecule has 0 aliphatic heterocycles. The third-order valence-corrected chi connectivity index (χ3v) is 2.49. The molecule has 2 heterocycles. The number of aromatic nitrogens is 8. The van der Waals surface area contributed by atoms with Crippen LogP contribution in [-0.2, 0) is 4.79 Å². The van der Waals surface area contributed by atoms with Gasteiger partial charge in [-0.25, -0.2) is 9.48 Å². The SMILES string of the molecule is CCC(C(=O)O)n1nnnc1-c1nnnn1N(C)C. The van der Waals surface area contributed by atoms with Crippen molar-refractivity contribution < 1.29 is 9.90 Å². The molecule has 0 saturated carbocycles. The summed E-state index contributed by atoms with van der Waals surface area (Å²) in [5.74, 6) is -0.539. The zero-order chi connectivity index (χ0) is 14.0. The van der Waals surface area contributed by atoms with Gasteiger partial charge in [0.05, 0.1) is 0 Å². The minimum atomic E-state index is -1.01. The molecule has 2 aromatic heterocycles. The number of nitrogens with zero attached hydrogens (tertiary/aromatic N) is 9. The largest absolute Gasteiger partial charge is 0.480 e. The highest BCUT2D eigenvalue weighted by molar-refractivity contribution is 5.72. The summed E-state index contributed by atoms with van der Waals surface area (Å²) in [7, 11) is 3.48. The zero-order valence-corrected chi connectivity index (χ0v) is 10.7. The first kappa shape index (κ1) is 12.9. The van der Waals surface area contributed by atoms with Gasteiger partial charge in [0.2, 0.25) is 11.6 Å². The average molecular weight is 267 g/mol. The molecule has 1 N–H and O–H groups in total. The molecule has 0 fully saturated rings. The lowest BCUT2D eigenvalue weighted by Crippen LogP contribution is -2.28. The molecule has 0 aromatic carbocycles. The minimum absolute atomic E-state index is 0.202. The summed E-state index contributed by atoms with van der Waals surface area (Å²) in [5.41, 5.74) is 0. The van der Waals surface area contributed by atoms with Gasteiger partial charge in [-0.1, -0.05) is 6.92 Å². The van der Waals surface area contributed by atoms with Gasteiger partial charge in [0.1, 0.15) is 0 Å². The van der Waals surface area contributed by atoms with E-state index in [0.29, 0.717) is 6.42 Å². The van der Waals surface area contributed by atoms with Crippen molar-refractivity contribution in [2.24, 2.45) is 0 Å². The second-order valence-electron chi connectivity index (χ2n) is 3.95. The van der Waals surface area contributed by atoms with Gasteiger partial charge in [-0.15, -0.1) is 15.0 Å². The first-order valence-corrected chi connectivity index (χ1v) is 5.53. The number of hydrogen-bond acceptors (Lipinski definition) is 8. The van der Waals surface area contributed by atoms with E-state index in [1.807, 2.05) is 0 Å². The van der Waals surface area contributed by atoms with Crippen LogP contribution in [0.25, 0.3) is 11.6 Å². The summed E-state index contributed by atoms with van der Waals surface area (Å²) in [6, 6.07) is -0.864. The molecule has 2 aromatic rings. The zero-order valence-electron chi connectivity index (χ0n) is 10.7. The van der Waals surface area contributed by atoms with Gasteiger partial charge in [-0.2, -0.15) is 0 Å². The second-order valence-corrected chi connectivity index (χ2v) is 3.95. The van der Waals surface area contributed by atoms with E-state index in [1.54, 1.807) is 26.0 Å². The summed E-state index contributed by atoms with van der Waals surface area (Å²) in [6.45, 7) is 1.74. The Balaban J connectivity index is 2.50. The monoisotopic (exact) mass is 267 g/mol. The summed E-state index contributed by atoms with van der Waals surface area (Å²) >= 11 is 0. The molecular weight excluding hydrogens is 254 g/mol. The fourth-order valence-corrected chi connectivity index (χ4v) is 1.59. The Morgan fingerprint density at radius 3 is 2.47 bits per heavy atom. The molecule has 0 aliphatic carbocycles. The van der Waals surface area contributed by atoms with Crippen LogP contribution >= 0.6 is 0 Å². The first-order valence-electron chi connectivity index (χ1n) is 5.53. The molecule has 1 unspecified atom stereocenters. The van der Waals surface area contributed by atoms with E-state index in [1.165, 1.54) is 9.47 Å². The summed E-state index contributed by atoms with van der Waals surface area (Å²) < 4.78 is 1.20. The van der Waals surface area contributed by atoms with E-state index in [2.05, 4.69) is 31.1 Å². The maximum absolute atomic E-state index is 11.2. The number of rotatable bonds is 5. The smallest absolute Gasteiger partial charge is 0.328 e. The minimum Gasteiger partial charge on any atom is -0.480 e. The number of carboxylic acid groups (broad SMARTS) is 1. The molecule has 0 amide bonds. The van der Waals surface area contributed by atoms with Crippen molar-refractivity contribution in [1.29, 1.82) is 0 Å². The van der Waals surface area contributed by atoms with E-state index in [-0.39, 0.29) is 11.6 Å². The Morgan fingerprint density at radius 1 is 1.26 bits per heavy atom. The van der Waals surface area contributed by atoms with Gasteiger partial charge in [-0.3, -0.25) is 5.01 Å². The molecule has 11 nitrogen and oxygen atoms in total. The van der Waals surface area contributed by atoms with E-state index >= 15 is 0 Å².